The Kier molecular flexibility index (Phi) is 7.00. The molecule has 1 saturated heterocycles. The van der Waals surface area contributed by atoms with Crippen LogP contribution in [0.4, 0.5) is 5.69 Å². The molecular formula is C20H23ClN2O5S. The van der Waals surface area contributed by atoms with Crippen LogP contribution in [0.25, 0.3) is 0 Å². The number of benzene rings is 2. The number of methoxy groups -OCH3 is 1. The molecule has 3 rings (SSSR count). The van der Waals surface area contributed by atoms with Gasteiger partial charge in [-0.1, -0.05) is 29.8 Å². The van der Waals surface area contributed by atoms with Gasteiger partial charge in [-0.25, -0.2) is 8.42 Å². The fourth-order valence-electron chi connectivity index (χ4n) is 3.10. The first-order valence-electron chi connectivity index (χ1n) is 9.21. The molecule has 7 nitrogen and oxygen atoms in total. The van der Waals surface area contributed by atoms with Gasteiger partial charge in [0.05, 0.1) is 23.8 Å². The molecule has 0 aromatic heterocycles. The van der Waals surface area contributed by atoms with Gasteiger partial charge in [0.1, 0.15) is 12.3 Å². The van der Waals surface area contributed by atoms with Gasteiger partial charge in [-0.3, -0.25) is 9.10 Å². The van der Waals surface area contributed by atoms with Gasteiger partial charge < -0.3 is 14.8 Å². The van der Waals surface area contributed by atoms with Gasteiger partial charge in [-0.2, -0.15) is 0 Å². The first-order chi connectivity index (χ1) is 13.9. The van der Waals surface area contributed by atoms with E-state index in [1.54, 1.807) is 30.3 Å². The van der Waals surface area contributed by atoms with Gasteiger partial charge >= 0.3 is 0 Å². The number of nitrogens with zero attached hydrogens (tertiary/aromatic N) is 1. The lowest BCUT2D eigenvalue weighted by Crippen LogP contribution is -2.43. The minimum absolute atomic E-state index is 0.0427. The highest BCUT2D eigenvalue weighted by Gasteiger charge is 2.30. The van der Waals surface area contributed by atoms with Gasteiger partial charge in [0, 0.05) is 18.2 Å². The second kappa shape index (κ2) is 9.47. The maximum atomic E-state index is 13.3. The smallest absolute Gasteiger partial charge is 0.264 e. The molecule has 0 aliphatic carbocycles. The molecule has 1 heterocycles. The quantitative estimate of drug-likeness (QED) is 0.685. The number of halogens is 1. The monoisotopic (exact) mass is 438 g/mol. The van der Waals surface area contributed by atoms with E-state index < -0.39 is 22.5 Å². The summed E-state index contributed by atoms with van der Waals surface area (Å²) in [5.41, 5.74) is 0.191. The standard InChI is InChI=1S/C20H23ClN2O5S/c1-27-19-10-9-15(21)12-18(19)23(29(25,26)17-7-3-2-4-8-17)14-20(24)22-13-16-6-5-11-28-16/h2-4,7-10,12,16H,5-6,11,13-14H2,1H3,(H,22,24)/t16-/m0/s1. The van der Waals surface area contributed by atoms with Crippen molar-refractivity contribution in [2.45, 2.75) is 23.8 Å². The van der Waals surface area contributed by atoms with Crippen molar-refractivity contribution in [1.82, 2.24) is 5.32 Å². The number of hydrogen-bond donors (Lipinski definition) is 1. The summed E-state index contributed by atoms with van der Waals surface area (Å²) in [6.07, 6.45) is 1.78. The number of amides is 1. The number of rotatable bonds is 8. The van der Waals surface area contributed by atoms with Crippen molar-refractivity contribution in [2.75, 3.05) is 31.1 Å². The lowest BCUT2D eigenvalue weighted by atomic mass is 10.2. The van der Waals surface area contributed by atoms with Crippen molar-refractivity contribution >= 4 is 33.2 Å². The van der Waals surface area contributed by atoms with Gasteiger partial charge in [0.15, 0.2) is 0 Å². The van der Waals surface area contributed by atoms with Crippen LogP contribution in [0.5, 0.6) is 5.75 Å². The molecule has 1 aliphatic heterocycles. The van der Waals surface area contributed by atoms with E-state index in [1.165, 1.54) is 25.3 Å². The summed E-state index contributed by atoms with van der Waals surface area (Å²) in [7, 11) is -2.61. The van der Waals surface area contributed by atoms with Crippen LogP contribution in [0.3, 0.4) is 0 Å². The Morgan fingerprint density at radius 1 is 1.28 bits per heavy atom. The van der Waals surface area contributed by atoms with Gasteiger partial charge in [0.2, 0.25) is 5.91 Å². The van der Waals surface area contributed by atoms with Crippen LogP contribution in [0, 0.1) is 0 Å². The van der Waals surface area contributed by atoms with Gasteiger partial charge in [0.25, 0.3) is 10.0 Å². The predicted molar refractivity (Wildman–Crippen MR) is 111 cm³/mol. The maximum Gasteiger partial charge on any atom is 0.264 e. The summed E-state index contributed by atoms with van der Waals surface area (Å²) in [5.74, 6) is -0.150. The van der Waals surface area contributed by atoms with Crippen molar-refractivity contribution in [3.05, 3.63) is 53.6 Å². The molecule has 0 unspecified atom stereocenters. The highest BCUT2D eigenvalue weighted by atomic mass is 35.5. The average Bonchev–Trinajstić information content (AvgIpc) is 3.24. The number of nitrogens with one attached hydrogen (secondary N) is 1. The molecule has 1 atom stereocenters. The Morgan fingerprint density at radius 2 is 2.03 bits per heavy atom. The average molecular weight is 439 g/mol. The molecular weight excluding hydrogens is 416 g/mol. The van der Waals surface area contributed by atoms with E-state index in [-0.39, 0.29) is 16.7 Å². The first-order valence-corrected chi connectivity index (χ1v) is 11.0. The third-order valence-corrected chi connectivity index (χ3v) is 6.59. The second-order valence-electron chi connectivity index (χ2n) is 6.58. The molecule has 1 fully saturated rings. The van der Waals surface area contributed by atoms with E-state index in [0.717, 1.165) is 17.1 Å². The van der Waals surface area contributed by atoms with E-state index in [2.05, 4.69) is 5.32 Å². The number of anilines is 1. The molecule has 1 aliphatic rings. The lowest BCUT2D eigenvalue weighted by molar-refractivity contribution is -0.120. The molecule has 0 radical (unpaired) electrons. The summed E-state index contributed by atoms with van der Waals surface area (Å²) >= 11 is 6.10. The highest BCUT2D eigenvalue weighted by Crippen LogP contribution is 2.34. The van der Waals surface area contributed by atoms with Crippen LogP contribution in [0.15, 0.2) is 53.4 Å². The zero-order valence-corrected chi connectivity index (χ0v) is 17.6. The lowest BCUT2D eigenvalue weighted by Gasteiger charge is -2.26. The van der Waals surface area contributed by atoms with Crippen molar-refractivity contribution in [3.8, 4) is 5.75 Å². The molecule has 0 spiro atoms. The number of carbonyl (C=O) groups is 1. The topological polar surface area (TPSA) is 84.9 Å². The van der Waals surface area contributed by atoms with E-state index in [9.17, 15) is 13.2 Å². The molecule has 9 heteroatoms. The summed E-state index contributed by atoms with van der Waals surface area (Å²) in [4.78, 5) is 12.7. The van der Waals surface area contributed by atoms with E-state index in [4.69, 9.17) is 21.1 Å². The Labute approximate surface area is 175 Å². The normalized spacial score (nSPS) is 16.4. The molecule has 2 aromatic rings. The van der Waals surface area contributed by atoms with Crippen LogP contribution >= 0.6 is 11.6 Å². The summed E-state index contributed by atoms with van der Waals surface area (Å²) in [5, 5.41) is 3.08. The molecule has 156 valence electrons. The van der Waals surface area contributed by atoms with Crippen molar-refractivity contribution in [3.63, 3.8) is 0 Å². The SMILES string of the molecule is COc1ccc(Cl)cc1N(CC(=O)NC[C@@H]1CCCO1)S(=O)(=O)c1ccccc1. The zero-order valence-electron chi connectivity index (χ0n) is 16.0. The first kappa shape index (κ1) is 21.4. The van der Waals surface area contributed by atoms with E-state index >= 15 is 0 Å². The van der Waals surface area contributed by atoms with Crippen LogP contribution in [-0.2, 0) is 19.6 Å². The van der Waals surface area contributed by atoms with Crippen molar-refractivity contribution < 1.29 is 22.7 Å². The van der Waals surface area contributed by atoms with Gasteiger partial charge in [-0.15, -0.1) is 0 Å². The molecule has 1 N–H and O–H groups in total. The molecule has 0 saturated carbocycles. The van der Waals surface area contributed by atoms with E-state index in [1.807, 2.05) is 0 Å². The van der Waals surface area contributed by atoms with Crippen LogP contribution in [0.1, 0.15) is 12.8 Å². The predicted octanol–water partition coefficient (Wildman–Crippen LogP) is 2.84. The number of carbonyl (C=O) groups excluding carboxylic acids is 1. The fraction of sp³-hybridized carbons (Fsp3) is 0.350. The number of hydrogen-bond acceptors (Lipinski definition) is 5. The highest BCUT2D eigenvalue weighted by molar-refractivity contribution is 7.92. The largest absolute Gasteiger partial charge is 0.495 e. The molecule has 1 amide bonds. The zero-order chi connectivity index (χ0) is 20.9. The third kappa shape index (κ3) is 5.20. The summed E-state index contributed by atoms with van der Waals surface area (Å²) in [6, 6.07) is 12.5. The third-order valence-electron chi connectivity index (χ3n) is 4.58. The van der Waals surface area contributed by atoms with Crippen molar-refractivity contribution in [2.24, 2.45) is 0 Å². The molecule has 29 heavy (non-hydrogen) atoms. The minimum atomic E-state index is -4.03. The summed E-state index contributed by atoms with van der Waals surface area (Å²) in [6.45, 7) is 0.597. The maximum absolute atomic E-state index is 13.3. The minimum Gasteiger partial charge on any atom is -0.495 e. The molecule has 0 bridgehead atoms. The van der Waals surface area contributed by atoms with Crippen molar-refractivity contribution in [1.29, 1.82) is 0 Å². The van der Waals surface area contributed by atoms with Gasteiger partial charge in [-0.05, 0) is 43.2 Å². The molecule has 2 aromatic carbocycles. The fourth-order valence-corrected chi connectivity index (χ4v) is 4.71. The number of ether oxygens (including phenoxy) is 2. The van der Waals surface area contributed by atoms with Crippen LogP contribution in [-0.4, -0.2) is 47.2 Å². The number of sulfonamides is 1. The Balaban J connectivity index is 1.91. The summed E-state index contributed by atoms with van der Waals surface area (Å²) < 4.78 is 38.5. The Bertz CT molecular complexity index is 947. The second-order valence-corrected chi connectivity index (χ2v) is 8.88. The van der Waals surface area contributed by atoms with E-state index in [0.29, 0.717) is 23.9 Å². The van der Waals surface area contributed by atoms with Crippen LogP contribution < -0.4 is 14.4 Å². The van der Waals surface area contributed by atoms with Crippen LogP contribution in [0.2, 0.25) is 5.02 Å². The Hall–Kier alpha value is -2.29. The Morgan fingerprint density at radius 3 is 2.69 bits per heavy atom.